The van der Waals surface area contributed by atoms with Gasteiger partial charge in [-0.3, -0.25) is 0 Å². The average Bonchev–Trinajstić information content (AvgIpc) is 2.27. The van der Waals surface area contributed by atoms with Crippen molar-refractivity contribution in [2.45, 2.75) is 0 Å². The van der Waals surface area contributed by atoms with Crippen LogP contribution in [0.1, 0.15) is 0 Å². The molecule has 0 saturated heterocycles. The Hall–Kier alpha value is -0.690. The zero-order valence-corrected chi connectivity index (χ0v) is 11.0. The summed E-state index contributed by atoms with van der Waals surface area (Å²) in [6, 6.07) is 3.62. The van der Waals surface area contributed by atoms with Crippen LogP contribution in [0.4, 0.5) is 0 Å². The molecular formula is C10H13IO4. The third-order valence-electron chi connectivity index (χ3n) is 1.78. The predicted molar refractivity (Wildman–Crippen MR) is 64.8 cm³/mol. The zero-order valence-electron chi connectivity index (χ0n) is 8.87. The summed E-state index contributed by atoms with van der Waals surface area (Å²) in [4.78, 5) is 0. The Balaban J connectivity index is 3.00. The molecule has 0 bridgehead atoms. The van der Waals surface area contributed by atoms with E-state index in [0.29, 0.717) is 11.5 Å². The van der Waals surface area contributed by atoms with Gasteiger partial charge < -0.3 is 18.9 Å². The lowest BCUT2D eigenvalue weighted by atomic mass is 10.3. The van der Waals surface area contributed by atoms with Gasteiger partial charge >= 0.3 is 0 Å². The van der Waals surface area contributed by atoms with Crippen molar-refractivity contribution in [1.82, 2.24) is 0 Å². The molecule has 0 aliphatic rings. The van der Waals surface area contributed by atoms with Crippen molar-refractivity contribution in [1.29, 1.82) is 0 Å². The molecule has 0 fully saturated rings. The number of halogens is 1. The standard InChI is InChI=1S/C10H13IO4/c1-12-6-15-7-4-5-8(13-2)10(14-3)9(7)11/h4-5H,6H2,1-3H3. The summed E-state index contributed by atoms with van der Waals surface area (Å²) in [6.45, 7) is 0.214. The van der Waals surface area contributed by atoms with Gasteiger partial charge in [0, 0.05) is 7.11 Å². The van der Waals surface area contributed by atoms with E-state index in [1.165, 1.54) is 0 Å². The molecule has 1 aromatic carbocycles. The van der Waals surface area contributed by atoms with Crippen molar-refractivity contribution in [2.75, 3.05) is 28.1 Å². The molecule has 0 saturated carbocycles. The lowest BCUT2D eigenvalue weighted by Gasteiger charge is -2.13. The Kier molecular flexibility index (Phi) is 4.97. The summed E-state index contributed by atoms with van der Waals surface area (Å²) in [5, 5.41) is 0. The number of benzene rings is 1. The van der Waals surface area contributed by atoms with E-state index >= 15 is 0 Å². The van der Waals surface area contributed by atoms with Crippen LogP contribution in [0.2, 0.25) is 0 Å². The zero-order chi connectivity index (χ0) is 11.3. The maximum absolute atomic E-state index is 5.36. The van der Waals surface area contributed by atoms with Gasteiger partial charge in [-0.05, 0) is 34.7 Å². The first-order chi connectivity index (χ1) is 7.24. The summed E-state index contributed by atoms with van der Waals surface area (Å²) < 4.78 is 21.5. The third kappa shape index (κ3) is 2.88. The fraction of sp³-hybridized carbons (Fsp3) is 0.400. The van der Waals surface area contributed by atoms with Crippen LogP contribution in [0.25, 0.3) is 0 Å². The van der Waals surface area contributed by atoms with Gasteiger partial charge in [-0.1, -0.05) is 0 Å². The van der Waals surface area contributed by atoms with Crippen molar-refractivity contribution < 1.29 is 18.9 Å². The van der Waals surface area contributed by atoms with Crippen LogP contribution in [-0.2, 0) is 4.74 Å². The van der Waals surface area contributed by atoms with Gasteiger partial charge in [0.1, 0.15) is 9.32 Å². The van der Waals surface area contributed by atoms with Gasteiger partial charge in [0.15, 0.2) is 18.3 Å². The Bertz CT molecular complexity index is 327. The van der Waals surface area contributed by atoms with Crippen molar-refractivity contribution in [3.05, 3.63) is 15.7 Å². The minimum Gasteiger partial charge on any atom is -0.493 e. The summed E-state index contributed by atoms with van der Waals surface area (Å²) in [6.07, 6.45) is 0. The molecule has 84 valence electrons. The van der Waals surface area contributed by atoms with Gasteiger partial charge in [-0.15, -0.1) is 0 Å². The molecule has 1 aromatic rings. The highest BCUT2D eigenvalue weighted by molar-refractivity contribution is 14.1. The number of hydrogen-bond donors (Lipinski definition) is 0. The maximum atomic E-state index is 5.36. The highest BCUT2D eigenvalue weighted by Crippen LogP contribution is 2.38. The lowest BCUT2D eigenvalue weighted by molar-refractivity contribution is 0.0502. The summed E-state index contributed by atoms with van der Waals surface area (Å²) >= 11 is 2.14. The van der Waals surface area contributed by atoms with Crippen LogP contribution in [0.5, 0.6) is 17.2 Å². The van der Waals surface area contributed by atoms with E-state index in [1.54, 1.807) is 27.4 Å². The van der Waals surface area contributed by atoms with Crippen LogP contribution >= 0.6 is 22.6 Å². The minimum absolute atomic E-state index is 0.214. The quantitative estimate of drug-likeness (QED) is 0.615. The first kappa shape index (κ1) is 12.4. The van der Waals surface area contributed by atoms with E-state index < -0.39 is 0 Å². The van der Waals surface area contributed by atoms with Gasteiger partial charge in [0.05, 0.1) is 14.2 Å². The molecule has 15 heavy (non-hydrogen) atoms. The van der Waals surface area contributed by atoms with E-state index in [9.17, 15) is 0 Å². The number of rotatable bonds is 5. The highest BCUT2D eigenvalue weighted by Gasteiger charge is 2.13. The maximum Gasteiger partial charge on any atom is 0.188 e. The molecule has 0 aliphatic carbocycles. The van der Waals surface area contributed by atoms with Gasteiger partial charge in [0.2, 0.25) is 0 Å². The Morgan fingerprint density at radius 3 is 2.27 bits per heavy atom. The summed E-state index contributed by atoms with van der Waals surface area (Å²) in [5.41, 5.74) is 0. The molecule has 0 N–H and O–H groups in total. The minimum atomic E-state index is 0.214. The fourth-order valence-electron chi connectivity index (χ4n) is 1.11. The lowest BCUT2D eigenvalue weighted by Crippen LogP contribution is -2.02. The average molecular weight is 324 g/mol. The SMILES string of the molecule is COCOc1ccc(OC)c(OC)c1I. The molecule has 0 aromatic heterocycles. The molecule has 0 radical (unpaired) electrons. The summed E-state index contributed by atoms with van der Waals surface area (Å²) in [5.74, 6) is 2.08. The summed E-state index contributed by atoms with van der Waals surface area (Å²) in [7, 11) is 4.78. The Labute approximate surface area is 103 Å². The Morgan fingerprint density at radius 2 is 1.73 bits per heavy atom. The molecular weight excluding hydrogens is 311 g/mol. The normalized spacial score (nSPS) is 9.87. The number of methoxy groups -OCH3 is 3. The largest absolute Gasteiger partial charge is 0.493 e. The van der Waals surface area contributed by atoms with Crippen LogP contribution in [-0.4, -0.2) is 28.1 Å². The molecule has 5 heteroatoms. The second kappa shape index (κ2) is 6.02. The second-order valence-corrected chi connectivity index (χ2v) is 3.74. The van der Waals surface area contributed by atoms with E-state index in [4.69, 9.17) is 18.9 Å². The van der Waals surface area contributed by atoms with Crippen molar-refractivity contribution in [2.24, 2.45) is 0 Å². The van der Waals surface area contributed by atoms with Crippen molar-refractivity contribution in [3.8, 4) is 17.2 Å². The molecule has 0 atom stereocenters. The van der Waals surface area contributed by atoms with Crippen LogP contribution in [0, 0.1) is 3.57 Å². The molecule has 0 unspecified atom stereocenters. The molecule has 0 aliphatic heterocycles. The number of hydrogen-bond acceptors (Lipinski definition) is 4. The van der Waals surface area contributed by atoms with E-state index in [0.717, 1.165) is 9.32 Å². The Morgan fingerprint density at radius 1 is 1.07 bits per heavy atom. The van der Waals surface area contributed by atoms with Gasteiger partial charge in [-0.25, -0.2) is 0 Å². The van der Waals surface area contributed by atoms with Crippen molar-refractivity contribution in [3.63, 3.8) is 0 Å². The molecule has 0 amide bonds. The van der Waals surface area contributed by atoms with Gasteiger partial charge in [-0.2, -0.15) is 0 Å². The first-order valence-electron chi connectivity index (χ1n) is 4.26. The molecule has 0 spiro atoms. The van der Waals surface area contributed by atoms with Crippen LogP contribution in [0.15, 0.2) is 12.1 Å². The van der Waals surface area contributed by atoms with E-state index in [-0.39, 0.29) is 6.79 Å². The highest BCUT2D eigenvalue weighted by atomic mass is 127. The molecule has 4 nitrogen and oxygen atoms in total. The molecule has 0 heterocycles. The van der Waals surface area contributed by atoms with Crippen LogP contribution in [0.3, 0.4) is 0 Å². The topological polar surface area (TPSA) is 36.9 Å². The smallest absolute Gasteiger partial charge is 0.188 e. The first-order valence-corrected chi connectivity index (χ1v) is 5.34. The number of ether oxygens (including phenoxy) is 4. The fourth-order valence-corrected chi connectivity index (χ4v) is 1.93. The van der Waals surface area contributed by atoms with Crippen molar-refractivity contribution >= 4 is 22.6 Å². The predicted octanol–water partition coefficient (Wildman–Crippen LogP) is 2.29. The van der Waals surface area contributed by atoms with Gasteiger partial charge in [0.25, 0.3) is 0 Å². The second-order valence-electron chi connectivity index (χ2n) is 2.66. The monoisotopic (exact) mass is 324 g/mol. The molecule has 1 rings (SSSR count). The third-order valence-corrected chi connectivity index (χ3v) is 2.80. The van der Waals surface area contributed by atoms with E-state index in [1.807, 2.05) is 6.07 Å². The van der Waals surface area contributed by atoms with Crippen LogP contribution < -0.4 is 14.2 Å². The van der Waals surface area contributed by atoms with E-state index in [2.05, 4.69) is 22.6 Å².